The maximum absolute atomic E-state index is 12.4. The van der Waals surface area contributed by atoms with E-state index in [4.69, 9.17) is 4.74 Å². The Kier molecular flexibility index (Phi) is 7.09. The summed E-state index contributed by atoms with van der Waals surface area (Å²) >= 11 is 0. The van der Waals surface area contributed by atoms with Gasteiger partial charge in [-0.25, -0.2) is 0 Å². The van der Waals surface area contributed by atoms with Crippen LogP contribution in [0.5, 0.6) is 11.5 Å². The third kappa shape index (κ3) is 4.35. The number of hydrogen-bond acceptors (Lipinski definition) is 4. The number of anilines is 2. The highest BCUT2D eigenvalue weighted by molar-refractivity contribution is 7.86. The third-order valence-corrected chi connectivity index (χ3v) is 6.79. The lowest BCUT2D eigenvalue weighted by atomic mass is 9.97. The van der Waals surface area contributed by atoms with Crippen LogP contribution in [0.3, 0.4) is 0 Å². The van der Waals surface area contributed by atoms with Crippen LogP contribution < -0.4 is 9.64 Å². The highest BCUT2D eigenvalue weighted by Gasteiger charge is 2.38. The van der Waals surface area contributed by atoms with E-state index >= 15 is 0 Å². The zero-order valence-corrected chi connectivity index (χ0v) is 19.3. The Bertz CT molecular complexity index is 1000. The molecule has 0 aliphatic carbocycles. The Morgan fingerprint density at radius 3 is 2.23 bits per heavy atom. The molecule has 0 spiro atoms. The monoisotopic (exact) mass is 431 g/mol. The van der Waals surface area contributed by atoms with Crippen LogP contribution in [0.1, 0.15) is 70.1 Å². The summed E-state index contributed by atoms with van der Waals surface area (Å²) in [5.41, 5.74) is 4.78. The number of rotatable bonds is 9. The zero-order valence-electron chi connectivity index (χ0n) is 18.4. The van der Waals surface area contributed by atoms with Crippen molar-refractivity contribution in [3.8, 4) is 11.5 Å². The largest absolute Gasteiger partial charge is 0.453 e. The van der Waals surface area contributed by atoms with Gasteiger partial charge in [-0.1, -0.05) is 65.2 Å². The van der Waals surface area contributed by atoms with Gasteiger partial charge in [0.05, 0.1) is 11.4 Å². The number of hydrogen-bond donors (Lipinski definition) is 1. The van der Waals surface area contributed by atoms with Crippen molar-refractivity contribution in [2.24, 2.45) is 0 Å². The van der Waals surface area contributed by atoms with E-state index in [0.29, 0.717) is 17.2 Å². The first-order valence-corrected chi connectivity index (χ1v) is 12.6. The first-order chi connectivity index (χ1) is 14.3. The fourth-order valence-corrected chi connectivity index (χ4v) is 5.28. The van der Waals surface area contributed by atoms with Crippen molar-refractivity contribution < 1.29 is 17.7 Å². The van der Waals surface area contributed by atoms with E-state index in [0.717, 1.165) is 55.3 Å². The SMILES string of the molecule is CCCc1cc(CCC)c2c(c1)Oc1c(CCC)cccc1N2C(CC)S(=O)(=O)O. The van der Waals surface area contributed by atoms with Gasteiger partial charge in [-0.15, -0.1) is 0 Å². The molecule has 0 saturated carbocycles. The molecular formula is C24H33NO4S. The fourth-order valence-electron chi connectivity index (χ4n) is 4.37. The number of nitrogens with zero attached hydrogens (tertiary/aromatic N) is 1. The molecule has 164 valence electrons. The first kappa shape index (κ1) is 22.6. The molecule has 1 aliphatic rings. The maximum Gasteiger partial charge on any atom is 0.286 e. The Labute approximate surface area is 180 Å². The van der Waals surface area contributed by atoms with Crippen molar-refractivity contribution >= 4 is 21.5 Å². The average Bonchev–Trinajstić information content (AvgIpc) is 2.68. The summed E-state index contributed by atoms with van der Waals surface area (Å²) in [6, 6.07) is 10.1. The summed E-state index contributed by atoms with van der Waals surface area (Å²) in [5.74, 6) is 1.38. The fraction of sp³-hybridized carbons (Fsp3) is 0.500. The van der Waals surface area contributed by atoms with Crippen molar-refractivity contribution in [3.05, 3.63) is 47.0 Å². The summed E-state index contributed by atoms with van der Waals surface area (Å²) in [6.45, 7) is 8.15. The molecule has 6 heteroatoms. The minimum atomic E-state index is -4.31. The number of ether oxygens (including phenoxy) is 1. The molecule has 1 N–H and O–H groups in total. The predicted octanol–water partition coefficient (Wildman–Crippen LogP) is 6.41. The zero-order chi connectivity index (χ0) is 21.9. The first-order valence-electron chi connectivity index (χ1n) is 11.1. The molecular weight excluding hydrogens is 398 g/mol. The second kappa shape index (κ2) is 9.40. The van der Waals surface area contributed by atoms with Gasteiger partial charge in [-0.05, 0) is 54.5 Å². The molecule has 0 radical (unpaired) electrons. The van der Waals surface area contributed by atoms with Crippen LogP contribution in [-0.4, -0.2) is 18.3 Å². The molecule has 2 aromatic rings. The number of para-hydroxylation sites is 1. The molecule has 1 aliphatic heterocycles. The van der Waals surface area contributed by atoms with E-state index < -0.39 is 15.5 Å². The number of fused-ring (bicyclic) bond motifs is 2. The second-order valence-corrected chi connectivity index (χ2v) is 9.54. The van der Waals surface area contributed by atoms with Gasteiger partial charge in [0.1, 0.15) is 0 Å². The molecule has 1 heterocycles. The Morgan fingerprint density at radius 2 is 1.63 bits per heavy atom. The predicted molar refractivity (Wildman–Crippen MR) is 123 cm³/mol. The van der Waals surface area contributed by atoms with Gasteiger partial charge in [0.15, 0.2) is 16.9 Å². The van der Waals surface area contributed by atoms with Gasteiger partial charge in [0.25, 0.3) is 10.1 Å². The molecule has 1 unspecified atom stereocenters. The van der Waals surface area contributed by atoms with Crippen LogP contribution in [0.15, 0.2) is 30.3 Å². The van der Waals surface area contributed by atoms with E-state index in [1.165, 1.54) is 5.56 Å². The number of benzene rings is 2. The van der Waals surface area contributed by atoms with Crippen LogP contribution in [0, 0.1) is 0 Å². The third-order valence-electron chi connectivity index (χ3n) is 5.56. The lowest BCUT2D eigenvalue weighted by molar-refractivity contribution is 0.447. The molecule has 1 atom stereocenters. The van der Waals surface area contributed by atoms with Crippen molar-refractivity contribution in [1.29, 1.82) is 0 Å². The van der Waals surface area contributed by atoms with E-state index in [-0.39, 0.29) is 6.42 Å². The smallest absolute Gasteiger partial charge is 0.286 e. The molecule has 0 aromatic heterocycles. The highest BCUT2D eigenvalue weighted by Crippen LogP contribution is 2.52. The van der Waals surface area contributed by atoms with Gasteiger partial charge < -0.3 is 9.64 Å². The molecule has 2 aromatic carbocycles. The van der Waals surface area contributed by atoms with Crippen molar-refractivity contribution in [1.82, 2.24) is 0 Å². The van der Waals surface area contributed by atoms with Crippen LogP contribution in [0.4, 0.5) is 11.4 Å². The molecule has 0 saturated heterocycles. The minimum absolute atomic E-state index is 0.262. The standard InChI is InChI=1S/C24H33NO4S/c1-5-10-17-15-19(12-7-3)23-21(16-17)29-24-18(11-6-2)13-9-14-20(24)25(23)22(8-4)30(26,27)28/h9,13-16,22H,5-8,10-12H2,1-4H3,(H,26,27,28). The van der Waals surface area contributed by atoms with E-state index in [2.05, 4.69) is 26.8 Å². The summed E-state index contributed by atoms with van der Waals surface area (Å²) in [4.78, 5) is 1.80. The Balaban J connectivity index is 2.32. The van der Waals surface area contributed by atoms with E-state index in [9.17, 15) is 13.0 Å². The van der Waals surface area contributed by atoms with E-state index in [1.807, 2.05) is 24.3 Å². The molecule has 0 fully saturated rings. The average molecular weight is 432 g/mol. The van der Waals surface area contributed by atoms with Gasteiger partial charge in [0.2, 0.25) is 0 Å². The molecule has 3 rings (SSSR count). The van der Waals surface area contributed by atoms with Crippen molar-refractivity contribution in [3.63, 3.8) is 0 Å². The van der Waals surface area contributed by atoms with Crippen LogP contribution in [0.25, 0.3) is 0 Å². The van der Waals surface area contributed by atoms with Gasteiger partial charge in [-0.2, -0.15) is 8.42 Å². The van der Waals surface area contributed by atoms with Crippen LogP contribution >= 0.6 is 0 Å². The molecule has 0 bridgehead atoms. The normalized spacial score (nSPS) is 14.1. The molecule has 30 heavy (non-hydrogen) atoms. The maximum atomic E-state index is 12.4. The molecule has 0 amide bonds. The summed E-state index contributed by atoms with van der Waals surface area (Å²) in [7, 11) is -4.31. The van der Waals surface area contributed by atoms with Crippen LogP contribution in [0.2, 0.25) is 0 Å². The summed E-state index contributed by atoms with van der Waals surface area (Å²) in [6.07, 6.45) is 5.76. The Morgan fingerprint density at radius 1 is 0.967 bits per heavy atom. The summed E-state index contributed by atoms with van der Waals surface area (Å²) < 4.78 is 41.4. The van der Waals surface area contributed by atoms with Crippen molar-refractivity contribution in [2.45, 2.75) is 78.0 Å². The second-order valence-electron chi connectivity index (χ2n) is 7.97. The van der Waals surface area contributed by atoms with Crippen molar-refractivity contribution in [2.75, 3.05) is 4.90 Å². The summed E-state index contributed by atoms with van der Waals surface area (Å²) in [5, 5.41) is -1.07. The van der Waals surface area contributed by atoms with E-state index in [1.54, 1.807) is 11.8 Å². The highest BCUT2D eigenvalue weighted by atomic mass is 32.2. The lowest BCUT2D eigenvalue weighted by Crippen LogP contribution is -2.39. The quantitative estimate of drug-likeness (QED) is 0.465. The lowest BCUT2D eigenvalue weighted by Gasteiger charge is -2.39. The minimum Gasteiger partial charge on any atom is -0.453 e. The molecule has 5 nitrogen and oxygen atoms in total. The Hall–Kier alpha value is -2.05. The van der Waals surface area contributed by atoms with Crippen LogP contribution in [-0.2, 0) is 29.4 Å². The topological polar surface area (TPSA) is 66.8 Å². The number of aryl methyl sites for hydroxylation is 3. The van der Waals surface area contributed by atoms with Gasteiger partial charge >= 0.3 is 0 Å². The van der Waals surface area contributed by atoms with Gasteiger partial charge in [-0.3, -0.25) is 4.55 Å². The van der Waals surface area contributed by atoms with Gasteiger partial charge in [0, 0.05) is 0 Å².